The van der Waals surface area contributed by atoms with Gasteiger partial charge in [-0.1, -0.05) is 12.1 Å². The third-order valence-electron chi connectivity index (χ3n) is 1.91. The van der Waals surface area contributed by atoms with Crippen LogP contribution in [0.1, 0.15) is 5.56 Å². The Bertz CT molecular complexity index is 390. The Morgan fingerprint density at radius 1 is 1.24 bits per heavy atom. The summed E-state index contributed by atoms with van der Waals surface area (Å²) in [7, 11) is 0.665. The van der Waals surface area contributed by atoms with E-state index in [1.807, 2.05) is 6.07 Å². The molecule has 0 aliphatic rings. The molecule has 0 fully saturated rings. The summed E-state index contributed by atoms with van der Waals surface area (Å²) in [6.07, 6.45) is 0. The van der Waals surface area contributed by atoms with Gasteiger partial charge in [0, 0.05) is 20.0 Å². The van der Waals surface area contributed by atoms with Gasteiger partial charge in [0.05, 0.1) is 7.11 Å². The maximum Gasteiger partial charge on any atom is 0.529 e. The van der Waals surface area contributed by atoms with E-state index in [9.17, 15) is 4.57 Å². The summed E-state index contributed by atoms with van der Waals surface area (Å²) >= 11 is 1.31. The Kier molecular flexibility index (Phi) is 6.02. The average molecular weight is 278 g/mol. The van der Waals surface area contributed by atoms with Gasteiger partial charge < -0.3 is 8.71 Å². The van der Waals surface area contributed by atoms with Crippen LogP contribution < -0.4 is 4.52 Å². The van der Waals surface area contributed by atoms with Gasteiger partial charge in [0.25, 0.3) is 0 Å². The van der Waals surface area contributed by atoms with Gasteiger partial charge in [0.15, 0.2) is 0 Å². The quantitative estimate of drug-likeness (QED) is 0.563. The van der Waals surface area contributed by atoms with Crippen LogP contribution in [0.15, 0.2) is 24.3 Å². The fourth-order valence-electron chi connectivity index (χ4n) is 1.10. The lowest BCUT2D eigenvalue weighted by molar-refractivity contribution is 0.211. The van der Waals surface area contributed by atoms with Crippen molar-refractivity contribution in [1.82, 2.24) is 0 Å². The Balaban J connectivity index is 2.74. The second-order valence-electron chi connectivity index (χ2n) is 2.98. The second-order valence-corrected chi connectivity index (χ2v) is 5.64. The monoisotopic (exact) mass is 278 g/mol. The highest BCUT2D eigenvalue weighted by atomic mass is 32.2. The molecule has 7 heteroatoms. The Hall–Kier alpha value is -0.520. The molecule has 0 radical (unpaired) electrons. The molecule has 1 aromatic rings. The summed E-state index contributed by atoms with van der Waals surface area (Å²) in [6, 6.07) is 7.17. The van der Waals surface area contributed by atoms with Crippen molar-refractivity contribution in [2.45, 2.75) is 5.75 Å². The van der Waals surface area contributed by atoms with Gasteiger partial charge in [-0.05, 0) is 29.7 Å². The van der Waals surface area contributed by atoms with E-state index in [1.165, 1.54) is 26.3 Å². The summed E-state index contributed by atoms with van der Waals surface area (Å²) < 4.78 is 31.2. The maximum atomic E-state index is 11.7. The molecule has 0 heterocycles. The zero-order valence-corrected chi connectivity index (χ0v) is 11.6. The van der Waals surface area contributed by atoms with Crippen LogP contribution in [0.2, 0.25) is 0 Å². The zero-order valence-electron chi connectivity index (χ0n) is 9.91. The standard InChI is InChI=1S/C10H15O5PS/c1-12-16(11,13-2)15-10-6-4-5-9(7-10)8-17-14-3/h4-7H,8H2,1-3H3. The van der Waals surface area contributed by atoms with Gasteiger partial charge in [-0.15, -0.1) is 0 Å². The zero-order chi connectivity index (χ0) is 12.7. The minimum absolute atomic E-state index is 0.436. The molecule has 1 aromatic carbocycles. The fraction of sp³-hybridized carbons (Fsp3) is 0.400. The molecule has 0 saturated heterocycles. The lowest BCUT2D eigenvalue weighted by Crippen LogP contribution is -1.97. The van der Waals surface area contributed by atoms with Crippen molar-refractivity contribution in [2.24, 2.45) is 0 Å². The molecule has 96 valence electrons. The Labute approximate surface area is 105 Å². The van der Waals surface area contributed by atoms with Crippen LogP contribution in [0.4, 0.5) is 0 Å². The van der Waals surface area contributed by atoms with E-state index in [-0.39, 0.29) is 0 Å². The molecule has 1 rings (SSSR count). The topological polar surface area (TPSA) is 54.0 Å². The largest absolute Gasteiger partial charge is 0.529 e. The Morgan fingerprint density at radius 2 is 1.94 bits per heavy atom. The SMILES string of the molecule is COSCc1cccc(OP(=O)(OC)OC)c1. The van der Waals surface area contributed by atoms with Gasteiger partial charge in [0.2, 0.25) is 0 Å². The van der Waals surface area contributed by atoms with Crippen molar-refractivity contribution in [1.29, 1.82) is 0 Å². The number of phosphoric ester groups is 1. The number of phosphoric acid groups is 1. The molecular weight excluding hydrogens is 263 g/mol. The normalized spacial score (nSPS) is 11.5. The van der Waals surface area contributed by atoms with Crippen molar-refractivity contribution in [3.8, 4) is 5.75 Å². The van der Waals surface area contributed by atoms with Crippen LogP contribution in [-0.4, -0.2) is 21.3 Å². The van der Waals surface area contributed by atoms with Gasteiger partial charge in [-0.25, -0.2) is 4.57 Å². The maximum absolute atomic E-state index is 11.7. The molecular formula is C10H15O5PS. The first-order valence-electron chi connectivity index (χ1n) is 4.79. The minimum atomic E-state index is -3.49. The van der Waals surface area contributed by atoms with Crippen LogP contribution in [0, 0.1) is 0 Å². The molecule has 0 aliphatic carbocycles. The fourth-order valence-corrected chi connectivity index (χ4v) is 2.20. The van der Waals surface area contributed by atoms with Crippen molar-refractivity contribution in [3.05, 3.63) is 29.8 Å². The van der Waals surface area contributed by atoms with E-state index < -0.39 is 7.82 Å². The van der Waals surface area contributed by atoms with Crippen LogP contribution in [-0.2, 0) is 23.5 Å². The van der Waals surface area contributed by atoms with Crippen molar-refractivity contribution < 1.29 is 22.3 Å². The number of hydrogen-bond donors (Lipinski definition) is 0. The molecule has 0 saturated carbocycles. The summed E-state index contributed by atoms with van der Waals surface area (Å²) in [5, 5.41) is 0. The molecule has 0 aliphatic heterocycles. The molecule has 17 heavy (non-hydrogen) atoms. The smallest absolute Gasteiger partial charge is 0.404 e. The van der Waals surface area contributed by atoms with Crippen molar-refractivity contribution >= 4 is 19.9 Å². The molecule has 0 spiro atoms. The molecule has 0 amide bonds. The summed E-state index contributed by atoms with van der Waals surface area (Å²) in [4.78, 5) is 0. The van der Waals surface area contributed by atoms with Gasteiger partial charge in [0.1, 0.15) is 5.75 Å². The van der Waals surface area contributed by atoms with E-state index in [1.54, 1.807) is 25.3 Å². The third-order valence-corrected chi connectivity index (χ3v) is 3.92. The molecule has 5 nitrogen and oxygen atoms in total. The van der Waals surface area contributed by atoms with Crippen LogP contribution >= 0.6 is 19.9 Å². The van der Waals surface area contributed by atoms with Crippen LogP contribution in [0.5, 0.6) is 5.75 Å². The molecule has 0 aromatic heterocycles. The van der Waals surface area contributed by atoms with E-state index >= 15 is 0 Å². The van der Waals surface area contributed by atoms with Crippen LogP contribution in [0.3, 0.4) is 0 Å². The van der Waals surface area contributed by atoms with E-state index in [0.717, 1.165) is 5.56 Å². The first-order valence-corrected chi connectivity index (χ1v) is 7.16. The second kappa shape index (κ2) is 7.03. The number of rotatable bonds is 7. The van der Waals surface area contributed by atoms with Gasteiger partial charge >= 0.3 is 7.82 Å². The lowest BCUT2D eigenvalue weighted by Gasteiger charge is -2.14. The summed E-state index contributed by atoms with van der Waals surface area (Å²) in [6.45, 7) is 0. The third kappa shape index (κ3) is 4.69. The molecule has 0 unspecified atom stereocenters. The minimum Gasteiger partial charge on any atom is -0.404 e. The van der Waals surface area contributed by atoms with E-state index in [0.29, 0.717) is 11.5 Å². The molecule has 0 bridgehead atoms. The first kappa shape index (κ1) is 14.5. The highest BCUT2D eigenvalue weighted by Crippen LogP contribution is 2.47. The average Bonchev–Trinajstić information content (AvgIpc) is 2.36. The van der Waals surface area contributed by atoms with Gasteiger partial charge in [-0.3, -0.25) is 9.05 Å². The molecule has 0 N–H and O–H groups in total. The number of benzene rings is 1. The number of hydrogen-bond acceptors (Lipinski definition) is 6. The van der Waals surface area contributed by atoms with Crippen LogP contribution in [0.25, 0.3) is 0 Å². The van der Waals surface area contributed by atoms with Gasteiger partial charge in [-0.2, -0.15) is 0 Å². The van der Waals surface area contributed by atoms with E-state index in [4.69, 9.17) is 17.8 Å². The highest BCUT2D eigenvalue weighted by molar-refractivity contribution is 7.93. The predicted octanol–water partition coefficient (Wildman–Crippen LogP) is 3.26. The lowest BCUT2D eigenvalue weighted by atomic mass is 10.2. The summed E-state index contributed by atoms with van der Waals surface area (Å²) in [5.74, 6) is 1.11. The summed E-state index contributed by atoms with van der Waals surface area (Å²) in [5.41, 5.74) is 0.994. The molecule has 0 atom stereocenters. The first-order chi connectivity index (χ1) is 8.13. The van der Waals surface area contributed by atoms with Crippen molar-refractivity contribution in [2.75, 3.05) is 21.3 Å². The Morgan fingerprint density at radius 3 is 2.53 bits per heavy atom. The van der Waals surface area contributed by atoms with E-state index in [2.05, 4.69) is 0 Å². The highest BCUT2D eigenvalue weighted by Gasteiger charge is 2.24. The van der Waals surface area contributed by atoms with Crippen molar-refractivity contribution in [3.63, 3.8) is 0 Å². The predicted molar refractivity (Wildman–Crippen MR) is 67.0 cm³/mol.